The van der Waals surface area contributed by atoms with E-state index in [1.165, 1.54) is 16.8 Å². The Labute approximate surface area is 209 Å². The molecular weight excluding hydrogens is 428 g/mol. The third-order valence-electron chi connectivity index (χ3n) is 5.98. The van der Waals surface area contributed by atoms with Crippen molar-refractivity contribution in [3.8, 4) is 5.75 Å². The summed E-state index contributed by atoms with van der Waals surface area (Å²) in [6, 6.07) is 33.7. The van der Waals surface area contributed by atoms with Crippen LogP contribution in [-0.2, 0) is 0 Å². The van der Waals surface area contributed by atoms with Gasteiger partial charge in [-0.2, -0.15) is 0 Å². The Bertz CT molecular complexity index is 1310. The number of hydrogen-bond donors (Lipinski definition) is 0. The van der Waals surface area contributed by atoms with E-state index in [0.29, 0.717) is 0 Å². The van der Waals surface area contributed by atoms with Crippen LogP contribution in [0.1, 0.15) is 27.8 Å². The Hall–Kier alpha value is -4.11. The number of ether oxygens (including phenoxy) is 1. The first-order chi connectivity index (χ1) is 16.9. The first-order valence-corrected chi connectivity index (χ1v) is 11.8. The number of hydrogen-bond acceptors (Lipinski definition) is 3. The van der Waals surface area contributed by atoms with Crippen LogP contribution in [0.3, 0.4) is 0 Å². The highest BCUT2D eigenvalue weighted by atomic mass is 16.5. The molecule has 0 spiro atoms. The number of anilines is 1. The maximum absolute atomic E-state index is 5.34. The summed E-state index contributed by atoms with van der Waals surface area (Å²) in [4.78, 5) is 7.27. The van der Waals surface area contributed by atoms with Crippen molar-refractivity contribution in [2.75, 3.05) is 26.1 Å². The third kappa shape index (κ3) is 6.07. The van der Waals surface area contributed by atoms with Crippen molar-refractivity contribution in [3.63, 3.8) is 0 Å². The van der Waals surface area contributed by atoms with E-state index in [1.807, 2.05) is 24.3 Å². The molecule has 4 aromatic carbocycles. The smallest absolute Gasteiger partial charge is 0.119 e. The zero-order valence-corrected chi connectivity index (χ0v) is 21.1. The summed E-state index contributed by atoms with van der Waals surface area (Å²) in [5, 5.41) is 0. The van der Waals surface area contributed by atoms with Gasteiger partial charge >= 0.3 is 0 Å². The van der Waals surface area contributed by atoms with Crippen LogP contribution >= 0.6 is 0 Å². The van der Waals surface area contributed by atoms with Crippen LogP contribution in [0.15, 0.2) is 102 Å². The molecule has 0 aliphatic rings. The summed E-state index contributed by atoms with van der Waals surface area (Å²) in [6.07, 6.45) is 2.23. The lowest BCUT2D eigenvalue weighted by Gasteiger charge is -2.15. The van der Waals surface area contributed by atoms with Crippen molar-refractivity contribution >= 4 is 28.7 Å². The van der Waals surface area contributed by atoms with Crippen LogP contribution in [-0.4, -0.2) is 26.9 Å². The van der Waals surface area contributed by atoms with Gasteiger partial charge in [-0.05, 0) is 67.4 Å². The molecule has 0 atom stereocenters. The van der Waals surface area contributed by atoms with E-state index < -0.39 is 0 Å². The van der Waals surface area contributed by atoms with Crippen molar-refractivity contribution < 1.29 is 4.74 Å². The molecular formula is C32H32N2O. The fourth-order valence-corrected chi connectivity index (χ4v) is 3.83. The molecule has 0 bridgehead atoms. The minimum atomic E-state index is 0.816. The minimum Gasteiger partial charge on any atom is -0.497 e. The molecule has 0 saturated carbocycles. The van der Waals surface area contributed by atoms with Crippen LogP contribution < -0.4 is 9.64 Å². The monoisotopic (exact) mass is 460 g/mol. The molecule has 0 aliphatic carbocycles. The predicted octanol–water partition coefficient (Wildman–Crippen LogP) is 7.74. The lowest BCUT2D eigenvalue weighted by molar-refractivity contribution is 0.415. The second-order valence-corrected chi connectivity index (χ2v) is 8.93. The Balaban J connectivity index is 1.91. The van der Waals surface area contributed by atoms with Crippen LogP contribution in [0.5, 0.6) is 5.75 Å². The molecule has 3 nitrogen and oxygen atoms in total. The van der Waals surface area contributed by atoms with Gasteiger partial charge in [0, 0.05) is 30.9 Å². The first kappa shape index (κ1) is 24.0. The number of nitrogens with zero attached hydrogens (tertiary/aromatic N) is 2. The lowest BCUT2D eigenvalue weighted by Crippen LogP contribution is -2.08. The molecule has 4 rings (SSSR count). The Morgan fingerprint density at radius 3 is 1.74 bits per heavy atom. The van der Waals surface area contributed by atoms with Gasteiger partial charge in [0.1, 0.15) is 5.75 Å². The van der Waals surface area contributed by atoms with Gasteiger partial charge in [0.15, 0.2) is 0 Å². The van der Waals surface area contributed by atoms with Crippen molar-refractivity contribution in [1.82, 2.24) is 0 Å². The summed E-state index contributed by atoms with van der Waals surface area (Å²) < 4.78 is 5.34. The van der Waals surface area contributed by atoms with Gasteiger partial charge in [0.25, 0.3) is 0 Å². The minimum absolute atomic E-state index is 0.816. The van der Waals surface area contributed by atoms with E-state index in [4.69, 9.17) is 9.73 Å². The predicted molar refractivity (Wildman–Crippen MR) is 150 cm³/mol. The first-order valence-electron chi connectivity index (χ1n) is 11.8. The molecule has 35 heavy (non-hydrogen) atoms. The van der Waals surface area contributed by atoms with Crippen molar-refractivity contribution in [2.24, 2.45) is 4.99 Å². The number of benzene rings is 4. The molecule has 0 aliphatic heterocycles. The zero-order valence-electron chi connectivity index (χ0n) is 21.1. The molecule has 0 radical (unpaired) electrons. The largest absolute Gasteiger partial charge is 0.497 e. The fraction of sp³-hybridized carbons (Fsp3) is 0.156. The van der Waals surface area contributed by atoms with Crippen LogP contribution in [0.4, 0.5) is 11.4 Å². The Morgan fingerprint density at radius 2 is 1.23 bits per heavy atom. The van der Waals surface area contributed by atoms with Crippen molar-refractivity contribution in [1.29, 1.82) is 0 Å². The Kier molecular flexibility index (Phi) is 7.47. The standard InChI is InChI=1S/C32H32N2O/c1-23-6-12-26(13-7-23)31(22-25-10-18-29(19-11-25)34(3)4)32(27-14-8-24(2)9-15-27)33-28-16-20-30(35-5)21-17-28/h6-22H,1-5H3/b31-22+,33-32?. The molecule has 0 amide bonds. The SMILES string of the molecule is COc1ccc(N=C(/C(=C/c2ccc(N(C)C)cc2)c2ccc(C)cc2)c2ccc(C)cc2)cc1. The van der Waals surface area contributed by atoms with E-state index in [0.717, 1.165) is 39.4 Å². The molecule has 176 valence electrons. The van der Waals surface area contributed by atoms with Crippen LogP contribution in [0, 0.1) is 13.8 Å². The number of aryl methyl sites for hydroxylation is 2. The van der Waals surface area contributed by atoms with Crippen molar-refractivity contribution in [2.45, 2.75) is 13.8 Å². The molecule has 4 aromatic rings. The van der Waals surface area contributed by atoms with Gasteiger partial charge in [0.2, 0.25) is 0 Å². The zero-order chi connectivity index (χ0) is 24.8. The number of aliphatic imine (C=N–C) groups is 1. The lowest BCUT2D eigenvalue weighted by atomic mass is 9.92. The van der Waals surface area contributed by atoms with E-state index in [1.54, 1.807) is 7.11 Å². The normalized spacial score (nSPS) is 11.9. The number of allylic oxidation sites excluding steroid dienone is 1. The third-order valence-corrected chi connectivity index (χ3v) is 5.98. The molecule has 0 heterocycles. The van der Waals surface area contributed by atoms with E-state index >= 15 is 0 Å². The van der Waals surface area contributed by atoms with Crippen molar-refractivity contribution in [3.05, 3.63) is 125 Å². The van der Waals surface area contributed by atoms with Gasteiger partial charge in [-0.1, -0.05) is 71.8 Å². The summed E-state index contributed by atoms with van der Waals surface area (Å²) in [5.74, 6) is 0.816. The summed E-state index contributed by atoms with van der Waals surface area (Å²) in [5.41, 5.74) is 9.82. The average molecular weight is 461 g/mol. The molecule has 0 unspecified atom stereocenters. The molecule has 0 saturated heterocycles. The maximum atomic E-state index is 5.34. The number of methoxy groups -OCH3 is 1. The number of rotatable bonds is 7. The second-order valence-electron chi connectivity index (χ2n) is 8.93. The van der Waals surface area contributed by atoms with E-state index in [-0.39, 0.29) is 0 Å². The highest BCUT2D eigenvalue weighted by Crippen LogP contribution is 2.28. The summed E-state index contributed by atoms with van der Waals surface area (Å²) in [7, 11) is 5.79. The average Bonchev–Trinajstić information content (AvgIpc) is 2.88. The molecule has 3 heteroatoms. The van der Waals surface area contributed by atoms with Gasteiger partial charge in [-0.25, -0.2) is 4.99 Å². The molecule has 0 aromatic heterocycles. The molecule has 0 fully saturated rings. The van der Waals surface area contributed by atoms with Gasteiger partial charge in [0.05, 0.1) is 18.5 Å². The van der Waals surface area contributed by atoms with Crippen LogP contribution in [0.2, 0.25) is 0 Å². The van der Waals surface area contributed by atoms with E-state index in [2.05, 4.69) is 112 Å². The topological polar surface area (TPSA) is 24.8 Å². The maximum Gasteiger partial charge on any atom is 0.119 e. The van der Waals surface area contributed by atoms with Gasteiger partial charge < -0.3 is 9.64 Å². The fourth-order valence-electron chi connectivity index (χ4n) is 3.83. The highest BCUT2D eigenvalue weighted by Gasteiger charge is 2.14. The van der Waals surface area contributed by atoms with Crippen LogP contribution in [0.25, 0.3) is 11.6 Å². The molecule has 0 N–H and O–H groups in total. The summed E-state index contributed by atoms with van der Waals surface area (Å²) in [6.45, 7) is 4.21. The summed E-state index contributed by atoms with van der Waals surface area (Å²) >= 11 is 0. The highest BCUT2D eigenvalue weighted by molar-refractivity contribution is 6.35. The van der Waals surface area contributed by atoms with Gasteiger partial charge in [-0.3, -0.25) is 0 Å². The van der Waals surface area contributed by atoms with E-state index in [9.17, 15) is 0 Å². The van der Waals surface area contributed by atoms with Gasteiger partial charge in [-0.15, -0.1) is 0 Å². The Morgan fingerprint density at radius 1 is 0.686 bits per heavy atom. The quantitative estimate of drug-likeness (QED) is 0.208. The second kappa shape index (κ2) is 10.9.